The van der Waals surface area contributed by atoms with Crippen molar-refractivity contribution in [2.24, 2.45) is 5.73 Å². The third-order valence-corrected chi connectivity index (χ3v) is 4.48. The second kappa shape index (κ2) is 5.84. The van der Waals surface area contributed by atoms with Crippen molar-refractivity contribution in [3.8, 4) is 0 Å². The fourth-order valence-corrected chi connectivity index (χ4v) is 3.53. The van der Waals surface area contributed by atoms with E-state index in [2.05, 4.69) is 43.0 Å². The highest BCUT2D eigenvalue weighted by Crippen LogP contribution is 2.43. The number of nitrogens with two attached hydrogens (primary N) is 1. The van der Waals surface area contributed by atoms with Gasteiger partial charge in [0.25, 0.3) is 0 Å². The first kappa shape index (κ1) is 14.1. The average Bonchev–Trinajstić information content (AvgIpc) is 3.23. The molecule has 2 fully saturated rings. The molecule has 1 saturated carbocycles. The molecular weight excluding hydrogens is 248 g/mol. The van der Waals surface area contributed by atoms with Gasteiger partial charge in [-0.3, -0.25) is 4.90 Å². The standard InChI is InChI=1S/C17H26N2O/c1-12-10-19(11-13(2)20-12)17(9-18)16-6-4-3-5-15(16)14-7-8-14/h3-6,12-14,17H,7-11,18H2,1-2H3. The fourth-order valence-electron chi connectivity index (χ4n) is 3.53. The Bertz CT molecular complexity index is 448. The first-order valence-corrected chi connectivity index (χ1v) is 7.87. The van der Waals surface area contributed by atoms with Gasteiger partial charge < -0.3 is 10.5 Å². The van der Waals surface area contributed by atoms with Crippen LogP contribution in [-0.2, 0) is 4.74 Å². The van der Waals surface area contributed by atoms with Crippen LogP contribution in [0.3, 0.4) is 0 Å². The molecule has 1 aliphatic heterocycles. The van der Waals surface area contributed by atoms with E-state index in [-0.39, 0.29) is 0 Å². The van der Waals surface area contributed by atoms with Gasteiger partial charge in [0.05, 0.1) is 12.2 Å². The quantitative estimate of drug-likeness (QED) is 0.917. The zero-order chi connectivity index (χ0) is 14.1. The Kier molecular flexibility index (Phi) is 4.11. The minimum absolute atomic E-state index is 0.292. The third kappa shape index (κ3) is 2.90. The predicted octanol–water partition coefficient (Wildman–Crippen LogP) is 2.67. The minimum Gasteiger partial charge on any atom is -0.373 e. The van der Waals surface area contributed by atoms with Crippen LogP contribution in [0.4, 0.5) is 0 Å². The second-order valence-corrected chi connectivity index (χ2v) is 6.37. The summed E-state index contributed by atoms with van der Waals surface area (Å²) >= 11 is 0. The fraction of sp³-hybridized carbons (Fsp3) is 0.647. The van der Waals surface area contributed by atoms with Gasteiger partial charge in [-0.1, -0.05) is 24.3 Å². The van der Waals surface area contributed by atoms with Crippen molar-refractivity contribution in [3.05, 3.63) is 35.4 Å². The average molecular weight is 274 g/mol. The molecule has 1 heterocycles. The number of hydrogen-bond acceptors (Lipinski definition) is 3. The number of benzene rings is 1. The van der Waals surface area contributed by atoms with Gasteiger partial charge in [-0.05, 0) is 43.7 Å². The molecule has 1 aromatic rings. The van der Waals surface area contributed by atoms with Gasteiger partial charge in [0.2, 0.25) is 0 Å². The first-order valence-electron chi connectivity index (χ1n) is 7.87. The van der Waals surface area contributed by atoms with Gasteiger partial charge in [-0.15, -0.1) is 0 Å². The van der Waals surface area contributed by atoms with Crippen LogP contribution in [0, 0.1) is 0 Å². The lowest BCUT2D eigenvalue weighted by Crippen LogP contribution is -2.48. The van der Waals surface area contributed by atoms with Crippen molar-refractivity contribution >= 4 is 0 Å². The molecule has 0 radical (unpaired) electrons. The van der Waals surface area contributed by atoms with Crippen molar-refractivity contribution in [1.82, 2.24) is 4.90 Å². The van der Waals surface area contributed by atoms with Crippen LogP contribution in [0.1, 0.15) is 49.8 Å². The molecule has 3 nitrogen and oxygen atoms in total. The van der Waals surface area contributed by atoms with E-state index in [1.807, 2.05) is 0 Å². The maximum absolute atomic E-state index is 6.13. The first-order chi connectivity index (χ1) is 9.69. The van der Waals surface area contributed by atoms with Crippen LogP contribution in [-0.4, -0.2) is 36.7 Å². The van der Waals surface area contributed by atoms with Gasteiger partial charge in [-0.25, -0.2) is 0 Å². The number of rotatable bonds is 4. The van der Waals surface area contributed by atoms with Crippen LogP contribution in [0.2, 0.25) is 0 Å². The summed E-state index contributed by atoms with van der Waals surface area (Å²) in [5.74, 6) is 0.774. The largest absolute Gasteiger partial charge is 0.373 e. The Morgan fingerprint density at radius 1 is 1.20 bits per heavy atom. The molecule has 3 atom stereocenters. The lowest BCUT2D eigenvalue weighted by Gasteiger charge is -2.40. The Labute approximate surface area is 122 Å². The molecule has 3 heteroatoms. The monoisotopic (exact) mass is 274 g/mol. The van der Waals surface area contributed by atoms with Crippen molar-refractivity contribution in [3.63, 3.8) is 0 Å². The number of ether oxygens (including phenoxy) is 1. The summed E-state index contributed by atoms with van der Waals surface area (Å²) in [7, 11) is 0. The van der Waals surface area contributed by atoms with Crippen LogP contribution in [0.15, 0.2) is 24.3 Å². The van der Waals surface area contributed by atoms with E-state index in [1.54, 1.807) is 0 Å². The second-order valence-electron chi connectivity index (χ2n) is 6.37. The zero-order valence-electron chi connectivity index (χ0n) is 12.6. The summed E-state index contributed by atoms with van der Waals surface area (Å²) in [6, 6.07) is 9.21. The van der Waals surface area contributed by atoms with Crippen molar-refractivity contribution in [1.29, 1.82) is 0 Å². The molecule has 0 spiro atoms. The lowest BCUT2D eigenvalue weighted by atomic mass is 9.95. The maximum atomic E-state index is 6.13. The molecule has 2 aliphatic rings. The summed E-state index contributed by atoms with van der Waals surface area (Å²) < 4.78 is 5.85. The molecular formula is C17H26N2O. The van der Waals surface area contributed by atoms with Crippen LogP contribution < -0.4 is 5.73 Å². The van der Waals surface area contributed by atoms with Crippen LogP contribution >= 0.6 is 0 Å². The normalized spacial score (nSPS) is 29.4. The summed E-state index contributed by atoms with van der Waals surface area (Å²) in [4.78, 5) is 2.51. The van der Waals surface area contributed by atoms with E-state index in [0.717, 1.165) is 19.0 Å². The lowest BCUT2D eigenvalue weighted by molar-refractivity contribution is -0.0800. The molecule has 3 rings (SSSR count). The van der Waals surface area contributed by atoms with E-state index in [1.165, 1.54) is 24.0 Å². The highest BCUT2D eigenvalue weighted by Gasteiger charge is 2.32. The van der Waals surface area contributed by atoms with Crippen molar-refractivity contribution < 1.29 is 4.74 Å². The molecule has 20 heavy (non-hydrogen) atoms. The van der Waals surface area contributed by atoms with E-state index in [0.29, 0.717) is 24.8 Å². The van der Waals surface area contributed by atoms with Crippen molar-refractivity contribution in [2.75, 3.05) is 19.6 Å². The predicted molar refractivity (Wildman–Crippen MR) is 81.8 cm³/mol. The smallest absolute Gasteiger partial charge is 0.0678 e. The summed E-state index contributed by atoms with van der Waals surface area (Å²) in [5, 5.41) is 0. The van der Waals surface area contributed by atoms with E-state index >= 15 is 0 Å². The van der Waals surface area contributed by atoms with E-state index < -0.39 is 0 Å². The molecule has 1 saturated heterocycles. The molecule has 2 N–H and O–H groups in total. The topological polar surface area (TPSA) is 38.5 Å². The highest BCUT2D eigenvalue weighted by atomic mass is 16.5. The van der Waals surface area contributed by atoms with Gasteiger partial charge in [-0.2, -0.15) is 0 Å². The molecule has 0 aromatic heterocycles. The van der Waals surface area contributed by atoms with Gasteiger partial charge in [0, 0.05) is 25.7 Å². The van der Waals surface area contributed by atoms with Gasteiger partial charge in [0.1, 0.15) is 0 Å². The number of morpholine rings is 1. The molecule has 3 unspecified atom stereocenters. The molecule has 0 amide bonds. The third-order valence-electron chi connectivity index (χ3n) is 4.48. The SMILES string of the molecule is CC1CN(C(CN)c2ccccc2C2CC2)CC(C)O1. The minimum atomic E-state index is 0.292. The van der Waals surface area contributed by atoms with E-state index in [4.69, 9.17) is 10.5 Å². The maximum Gasteiger partial charge on any atom is 0.0678 e. The zero-order valence-corrected chi connectivity index (χ0v) is 12.6. The Balaban J connectivity index is 1.85. The Hall–Kier alpha value is -0.900. The molecule has 1 aromatic carbocycles. The summed E-state index contributed by atoms with van der Waals surface area (Å²) in [5.41, 5.74) is 9.10. The molecule has 110 valence electrons. The van der Waals surface area contributed by atoms with E-state index in [9.17, 15) is 0 Å². The van der Waals surface area contributed by atoms with Crippen LogP contribution in [0.25, 0.3) is 0 Å². The molecule has 0 bridgehead atoms. The van der Waals surface area contributed by atoms with Crippen LogP contribution in [0.5, 0.6) is 0 Å². The van der Waals surface area contributed by atoms with Gasteiger partial charge >= 0.3 is 0 Å². The Morgan fingerprint density at radius 3 is 2.45 bits per heavy atom. The van der Waals surface area contributed by atoms with Crippen molar-refractivity contribution in [2.45, 2.75) is 50.9 Å². The summed E-state index contributed by atoms with van der Waals surface area (Å²) in [6.07, 6.45) is 3.26. The van der Waals surface area contributed by atoms with Gasteiger partial charge in [0.15, 0.2) is 0 Å². The molecule has 1 aliphatic carbocycles. The highest BCUT2D eigenvalue weighted by molar-refractivity contribution is 5.36. The number of hydrogen-bond donors (Lipinski definition) is 1. The Morgan fingerprint density at radius 2 is 1.85 bits per heavy atom. The summed E-state index contributed by atoms with van der Waals surface area (Å²) in [6.45, 7) is 6.95. The number of nitrogens with zero attached hydrogens (tertiary/aromatic N) is 1.